The SMILES string of the molecule is COc1ccc(CNC(=O)CSc2nc3ccc(NC(=O)c4ccccc4OC)cc3s2)cc1. The molecule has 0 saturated carbocycles. The fraction of sp³-hybridized carbons (Fsp3) is 0.160. The van der Waals surface area contributed by atoms with E-state index in [1.165, 1.54) is 30.2 Å². The quantitative estimate of drug-likeness (QED) is 0.320. The molecule has 0 bridgehead atoms. The third kappa shape index (κ3) is 5.86. The number of thioether (sulfide) groups is 1. The first-order valence-electron chi connectivity index (χ1n) is 10.4. The van der Waals surface area contributed by atoms with Gasteiger partial charge >= 0.3 is 0 Å². The van der Waals surface area contributed by atoms with E-state index in [0.717, 1.165) is 25.9 Å². The maximum atomic E-state index is 12.7. The summed E-state index contributed by atoms with van der Waals surface area (Å²) < 4.78 is 12.1. The first kappa shape index (κ1) is 23.6. The second kappa shape index (κ2) is 11.0. The van der Waals surface area contributed by atoms with Crippen molar-refractivity contribution in [3.05, 3.63) is 77.9 Å². The molecule has 4 aromatic rings. The van der Waals surface area contributed by atoms with Crippen LogP contribution in [-0.2, 0) is 11.3 Å². The van der Waals surface area contributed by atoms with Crippen LogP contribution in [-0.4, -0.2) is 36.8 Å². The van der Waals surface area contributed by atoms with E-state index < -0.39 is 0 Å². The van der Waals surface area contributed by atoms with Gasteiger partial charge in [0.1, 0.15) is 11.5 Å². The number of nitrogens with zero attached hydrogens (tertiary/aromatic N) is 1. The summed E-state index contributed by atoms with van der Waals surface area (Å²) >= 11 is 2.87. The molecule has 9 heteroatoms. The van der Waals surface area contributed by atoms with Gasteiger partial charge in [-0.3, -0.25) is 9.59 Å². The van der Waals surface area contributed by atoms with E-state index >= 15 is 0 Å². The number of methoxy groups -OCH3 is 2. The summed E-state index contributed by atoms with van der Waals surface area (Å²) in [6, 6.07) is 20.2. The molecule has 174 valence electrons. The van der Waals surface area contributed by atoms with Crippen molar-refractivity contribution in [3.8, 4) is 11.5 Å². The Bertz CT molecular complexity index is 1310. The zero-order chi connectivity index (χ0) is 23.9. The topological polar surface area (TPSA) is 89.5 Å². The minimum atomic E-state index is -0.246. The Hall–Kier alpha value is -3.56. The van der Waals surface area contributed by atoms with Gasteiger partial charge in [0.2, 0.25) is 5.91 Å². The molecule has 2 N–H and O–H groups in total. The van der Waals surface area contributed by atoms with Crippen molar-refractivity contribution in [1.29, 1.82) is 0 Å². The predicted octanol–water partition coefficient (Wildman–Crippen LogP) is 4.97. The Kier molecular flexibility index (Phi) is 7.66. The second-order valence-electron chi connectivity index (χ2n) is 7.23. The van der Waals surface area contributed by atoms with Crippen LogP contribution < -0.4 is 20.1 Å². The van der Waals surface area contributed by atoms with Crippen molar-refractivity contribution in [3.63, 3.8) is 0 Å². The zero-order valence-electron chi connectivity index (χ0n) is 18.7. The molecule has 0 atom stereocenters. The van der Waals surface area contributed by atoms with Crippen LogP contribution >= 0.6 is 23.1 Å². The average molecular weight is 494 g/mol. The van der Waals surface area contributed by atoms with Gasteiger partial charge in [-0.15, -0.1) is 11.3 Å². The van der Waals surface area contributed by atoms with Crippen LogP contribution in [0.15, 0.2) is 71.1 Å². The van der Waals surface area contributed by atoms with Gasteiger partial charge in [0.25, 0.3) is 5.91 Å². The summed E-state index contributed by atoms with van der Waals surface area (Å²) in [7, 11) is 3.16. The van der Waals surface area contributed by atoms with Crippen molar-refractivity contribution in [2.75, 3.05) is 25.3 Å². The number of hydrogen-bond acceptors (Lipinski definition) is 7. The minimum Gasteiger partial charge on any atom is -0.497 e. The third-order valence-electron chi connectivity index (χ3n) is 4.95. The van der Waals surface area contributed by atoms with Crippen molar-refractivity contribution in [2.45, 2.75) is 10.9 Å². The first-order valence-corrected chi connectivity index (χ1v) is 12.2. The molecule has 0 radical (unpaired) electrons. The van der Waals surface area contributed by atoms with Crippen molar-refractivity contribution in [1.82, 2.24) is 10.3 Å². The number of thiazole rings is 1. The Morgan fingerprint density at radius 3 is 2.56 bits per heavy atom. The maximum absolute atomic E-state index is 12.7. The number of amides is 2. The number of ether oxygens (including phenoxy) is 2. The van der Waals surface area contributed by atoms with Crippen molar-refractivity contribution < 1.29 is 19.1 Å². The third-order valence-corrected chi connectivity index (χ3v) is 7.11. The van der Waals surface area contributed by atoms with Crippen LogP contribution in [0.3, 0.4) is 0 Å². The number of carbonyl (C=O) groups is 2. The molecule has 3 aromatic carbocycles. The molecule has 34 heavy (non-hydrogen) atoms. The number of benzene rings is 3. The highest BCUT2D eigenvalue weighted by Gasteiger charge is 2.13. The minimum absolute atomic E-state index is 0.0650. The normalized spacial score (nSPS) is 10.6. The number of nitrogens with one attached hydrogen (secondary N) is 2. The van der Waals surface area contributed by atoms with Gasteiger partial charge in [-0.1, -0.05) is 36.0 Å². The van der Waals surface area contributed by atoms with Crippen LogP contribution in [0.25, 0.3) is 10.2 Å². The van der Waals surface area contributed by atoms with Gasteiger partial charge in [-0.25, -0.2) is 4.98 Å². The Morgan fingerprint density at radius 1 is 1.00 bits per heavy atom. The van der Waals surface area contributed by atoms with Gasteiger partial charge in [-0.05, 0) is 48.0 Å². The highest BCUT2D eigenvalue weighted by molar-refractivity contribution is 8.01. The fourth-order valence-electron chi connectivity index (χ4n) is 3.20. The number of anilines is 1. The number of carbonyl (C=O) groups excluding carboxylic acids is 2. The summed E-state index contributed by atoms with van der Waals surface area (Å²) in [5.41, 5.74) is 2.95. The van der Waals surface area contributed by atoms with E-state index in [1.54, 1.807) is 25.3 Å². The van der Waals surface area contributed by atoms with Gasteiger partial charge in [0.05, 0.1) is 35.8 Å². The lowest BCUT2D eigenvalue weighted by molar-refractivity contribution is -0.118. The number of hydrogen-bond donors (Lipinski definition) is 2. The monoisotopic (exact) mass is 493 g/mol. The smallest absolute Gasteiger partial charge is 0.259 e. The molecule has 0 aliphatic rings. The van der Waals surface area contributed by atoms with E-state index in [9.17, 15) is 9.59 Å². The Morgan fingerprint density at radius 2 is 1.79 bits per heavy atom. The molecular formula is C25H23N3O4S2. The zero-order valence-corrected chi connectivity index (χ0v) is 20.3. The molecule has 0 fully saturated rings. The summed E-state index contributed by atoms with van der Waals surface area (Å²) in [6.07, 6.45) is 0. The Labute approximate surface area is 205 Å². The van der Waals surface area contributed by atoms with Crippen molar-refractivity contribution in [2.24, 2.45) is 0 Å². The largest absolute Gasteiger partial charge is 0.497 e. The molecule has 1 aromatic heterocycles. The first-order chi connectivity index (χ1) is 16.6. The fourth-order valence-corrected chi connectivity index (χ4v) is 5.13. The van der Waals surface area contributed by atoms with E-state index in [0.29, 0.717) is 23.5 Å². The number of aromatic nitrogens is 1. The van der Waals surface area contributed by atoms with Crippen LogP contribution in [0, 0.1) is 0 Å². The van der Waals surface area contributed by atoms with E-state index in [-0.39, 0.29) is 17.6 Å². The highest BCUT2D eigenvalue weighted by atomic mass is 32.2. The lowest BCUT2D eigenvalue weighted by Crippen LogP contribution is -2.24. The number of fused-ring (bicyclic) bond motifs is 1. The molecule has 0 spiro atoms. The van der Waals surface area contributed by atoms with E-state index in [2.05, 4.69) is 15.6 Å². The van der Waals surface area contributed by atoms with Crippen LogP contribution in [0.4, 0.5) is 5.69 Å². The molecule has 2 amide bonds. The highest BCUT2D eigenvalue weighted by Crippen LogP contribution is 2.31. The van der Waals surface area contributed by atoms with Gasteiger partial charge in [0.15, 0.2) is 4.34 Å². The lowest BCUT2D eigenvalue weighted by atomic mass is 10.2. The molecule has 0 aliphatic heterocycles. The number of rotatable bonds is 9. The molecular weight excluding hydrogens is 470 g/mol. The molecule has 0 aliphatic carbocycles. The standard InChI is InChI=1S/C25H23N3O4S2/c1-31-18-10-7-16(8-11-18)14-26-23(29)15-33-25-28-20-12-9-17(13-22(20)34-25)27-24(30)19-5-3-4-6-21(19)32-2/h3-13H,14-15H2,1-2H3,(H,26,29)(H,27,30). The van der Waals surface area contributed by atoms with Gasteiger partial charge in [0, 0.05) is 12.2 Å². The van der Waals surface area contributed by atoms with Crippen LogP contribution in [0.2, 0.25) is 0 Å². The summed E-state index contributed by atoms with van der Waals surface area (Å²) in [5.74, 6) is 1.26. The average Bonchev–Trinajstić information content (AvgIpc) is 3.28. The molecule has 0 saturated heterocycles. The molecule has 0 unspecified atom stereocenters. The Balaban J connectivity index is 1.33. The second-order valence-corrected chi connectivity index (χ2v) is 9.48. The summed E-state index contributed by atoms with van der Waals surface area (Å²) in [4.78, 5) is 29.5. The molecule has 1 heterocycles. The van der Waals surface area contributed by atoms with E-state index in [1.807, 2.05) is 48.5 Å². The maximum Gasteiger partial charge on any atom is 0.259 e. The number of para-hydroxylation sites is 1. The lowest BCUT2D eigenvalue weighted by Gasteiger charge is -2.09. The van der Waals surface area contributed by atoms with Gasteiger partial charge in [-0.2, -0.15) is 0 Å². The predicted molar refractivity (Wildman–Crippen MR) is 136 cm³/mol. The van der Waals surface area contributed by atoms with E-state index in [4.69, 9.17) is 9.47 Å². The molecule has 4 rings (SSSR count). The summed E-state index contributed by atoms with van der Waals surface area (Å²) in [5, 5.41) is 5.82. The molecule has 7 nitrogen and oxygen atoms in total. The summed E-state index contributed by atoms with van der Waals surface area (Å²) in [6.45, 7) is 0.457. The van der Waals surface area contributed by atoms with Gasteiger partial charge < -0.3 is 20.1 Å². The van der Waals surface area contributed by atoms with Crippen LogP contribution in [0.1, 0.15) is 15.9 Å². The van der Waals surface area contributed by atoms with Crippen LogP contribution in [0.5, 0.6) is 11.5 Å². The van der Waals surface area contributed by atoms with Crippen molar-refractivity contribution >= 4 is 50.8 Å².